The third kappa shape index (κ3) is 2.64. The minimum absolute atomic E-state index is 0.214. The van der Waals surface area contributed by atoms with E-state index in [0.29, 0.717) is 11.4 Å². The standard InChI is InChI=1S/C15H12N4O3/c1-22-13-8-6-12(7-9-13)19-17-14(16-18-19)10-2-4-11(5-3-10)15(20)21/h2-9H,1H3,(H,20,21). The van der Waals surface area contributed by atoms with E-state index in [9.17, 15) is 4.79 Å². The summed E-state index contributed by atoms with van der Waals surface area (Å²) in [5, 5.41) is 21.1. The number of rotatable bonds is 4. The zero-order valence-corrected chi connectivity index (χ0v) is 11.7. The van der Waals surface area contributed by atoms with Crippen LogP contribution >= 0.6 is 0 Å². The first-order chi connectivity index (χ1) is 10.7. The van der Waals surface area contributed by atoms with Gasteiger partial charge >= 0.3 is 5.97 Å². The van der Waals surface area contributed by atoms with E-state index in [1.54, 1.807) is 31.4 Å². The molecule has 0 atom stereocenters. The van der Waals surface area contributed by atoms with Gasteiger partial charge in [0.15, 0.2) is 0 Å². The van der Waals surface area contributed by atoms with Crippen molar-refractivity contribution in [3.8, 4) is 22.8 Å². The van der Waals surface area contributed by atoms with Crippen molar-refractivity contribution in [2.24, 2.45) is 0 Å². The number of carboxylic acids is 1. The number of carbonyl (C=O) groups is 1. The summed E-state index contributed by atoms with van der Waals surface area (Å²) in [5.74, 6) is 0.197. The molecule has 0 aliphatic rings. The summed E-state index contributed by atoms with van der Waals surface area (Å²) in [6, 6.07) is 13.6. The third-order valence-corrected chi connectivity index (χ3v) is 3.11. The number of benzene rings is 2. The first-order valence-electron chi connectivity index (χ1n) is 6.45. The van der Waals surface area contributed by atoms with Crippen LogP contribution in [0.3, 0.4) is 0 Å². The molecule has 7 heteroatoms. The number of hydrogen-bond acceptors (Lipinski definition) is 5. The Morgan fingerprint density at radius 2 is 1.77 bits per heavy atom. The molecule has 22 heavy (non-hydrogen) atoms. The van der Waals surface area contributed by atoms with Gasteiger partial charge in [-0.3, -0.25) is 0 Å². The topological polar surface area (TPSA) is 90.1 Å². The zero-order chi connectivity index (χ0) is 15.5. The number of hydrogen-bond donors (Lipinski definition) is 1. The minimum atomic E-state index is -0.971. The molecule has 1 heterocycles. The van der Waals surface area contributed by atoms with E-state index >= 15 is 0 Å². The van der Waals surface area contributed by atoms with Crippen molar-refractivity contribution in [3.63, 3.8) is 0 Å². The molecule has 0 saturated heterocycles. The Labute approximate surface area is 125 Å². The second kappa shape index (κ2) is 5.65. The van der Waals surface area contributed by atoms with Crippen LogP contribution in [0.5, 0.6) is 5.75 Å². The van der Waals surface area contributed by atoms with E-state index in [2.05, 4.69) is 15.4 Å². The van der Waals surface area contributed by atoms with Crippen LogP contribution in [0.4, 0.5) is 0 Å². The number of aromatic nitrogens is 4. The predicted octanol–water partition coefficient (Wildman–Crippen LogP) is 2.04. The molecule has 2 aromatic carbocycles. The Kier molecular flexibility index (Phi) is 3.53. The second-order valence-corrected chi connectivity index (χ2v) is 4.48. The maximum absolute atomic E-state index is 10.8. The van der Waals surface area contributed by atoms with Crippen molar-refractivity contribution in [1.29, 1.82) is 0 Å². The molecule has 3 aromatic rings. The lowest BCUT2D eigenvalue weighted by Crippen LogP contribution is -1.99. The van der Waals surface area contributed by atoms with Crippen molar-refractivity contribution in [3.05, 3.63) is 54.1 Å². The molecule has 0 amide bonds. The highest BCUT2D eigenvalue weighted by Gasteiger charge is 2.09. The first kappa shape index (κ1) is 13.7. The highest BCUT2D eigenvalue weighted by Crippen LogP contribution is 2.17. The van der Waals surface area contributed by atoms with Gasteiger partial charge in [-0.2, -0.15) is 0 Å². The van der Waals surface area contributed by atoms with E-state index in [0.717, 1.165) is 11.4 Å². The summed E-state index contributed by atoms with van der Waals surface area (Å²) in [5.41, 5.74) is 1.66. The lowest BCUT2D eigenvalue weighted by Gasteiger charge is -2.01. The highest BCUT2D eigenvalue weighted by atomic mass is 16.5. The Balaban J connectivity index is 1.87. The quantitative estimate of drug-likeness (QED) is 0.792. The number of tetrazole rings is 1. The molecule has 110 valence electrons. The molecule has 0 saturated carbocycles. The van der Waals surface area contributed by atoms with Gasteiger partial charge < -0.3 is 9.84 Å². The molecule has 7 nitrogen and oxygen atoms in total. The zero-order valence-electron chi connectivity index (χ0n) is 11.7. The van der Waals surface area contributed by atoms with Crippen molar-refractivity contribution in [2.75, 3.05) is 7.11 Å². The molecule has 0 aliphatic heterocycles. The largest absolute Gasteiger partial charge is 0.497 e. The summed E-state index contributed by atoms with van der Waals surface area (Å²) in [6.45, 7) is 0. The summed E-state index contributed by atoms with van der Waals surface area (Å²) in [4.78, 5) is 12.2. The van der Waals surface area contributed by atoms with Crippen LogP contribution in [0.25, 0.3) is 17.1 Å². The molecule has 0 aliphatic carbocycles. The van der Waals surface area contributed by atoms with Crippen LogP contribution in [0, 0.1) is 0 Å². The van der Waals surface area contributed by atoms with Gasteiger partial charge in [-0.15, -0.1) is 15.0 Å². The Morgan fingerprint density at radius 3 is 2.36 bits per heavy atom. The van der Waals surface area contributed by atoms with Crippen molar-refractivity contribution in [1.82, 2.24) is 20.2 Å². The van der Waals surface area contributed by atoms with Gasteiger partial charge in [-0.05, 0) is 41.6 Å². The van der Waals surface area contributed by atoms with Crippen LogP contribution in [0.1, 0.15) is 10.4 Å². The van der Waals surface area contributed by atoms with Crippen LogP contribution in [0.2, 0.25) is 0 Å². The van der Waals surface area contributed by atoms with Gasteiger partial charge in [0.1, 0.15) is 5.75 Å². The van der Waals surface area contributed by atoms with E-state index in [4.69, 9.17) is 9.84 Å². The summed E-state index contributed by atoms with van der Waals surface area (Å²) >= 11 is 0. The molecule has 1 N–H and O–H groups in total. The smallest absolute Gasteiger partial charge is 0.335 e. The van der Waals surface area contributed by atoms with E-state index in [-0.39, 0.29) is 5.56 Å². The van der Waals surface area contributed by atoms with Gasteiger partial charge in [0.05, 0.1) is 18.4 Å². The predicted molar refractivity (Wildman–Crippen MR) is 78.1 cm³/mol. The number of carboxylic acid groups (broad SMARTS) is 1. The normalized spacial score (nSPS) is 10.4. The van der Waals surface area contributed by atoms with Crippen molar-refractivity contribution < 1.29 is 14.6 Å². The van der Waals surface area contributed by atoms with Crippen LogP contribution < -0.4 is 4.74 Å². The average Bonchev–Trinajstić information content (AvgIpc) is 3.05. The molecular weight excluding hydrogens is 284 g/mol. The first-order valence-corrected chi connectivity index (χ1v) is 6.45. The fourth-order valence-electron chi connectivity index (χ4n) is 1.92. The second-order valence-electron chi connectivity index (χ2n) is 4.48. The molecule has 3 rings (SSSR count). The Morgan fingerprint density at radius 1 is 1.09 bits per heavy atom. The number of ether oxygens (including phenoxy) is 1. The average molecular weight is 296 g/mol. The van der Waals surface area contributed by atoms with Crippen LogP contribution in [-0.4, -0.2) is 38.4 Å². The maximum Gasteiger partial charge on any atom is 0.335 e. The molecule has 1 aromatic heterocycles. The molecule has 0 spiro atoms. The molecule has 0 bridgehead atoms. The SMILES string of the molecule is COc1ccc(-n2nnc(-c3ccc(C(=O)O)cc3)n2)cc1. The number of methoxy groups -OCH3 is 1. The van der Waals surface area contributed by atoms with Gasteiger partial charge in [0, 0.05) is 5.56 Å². The molecule has 0 fully saturated rings. The van der Waals surface area contributed by atoms with Crippen molar-refractivity contribution in [2.45, 2.75) is 0 Å². The van der Waals surface area contributed by atoms with Crippen LogP contribution in [0.15, 0.2) is 48.5 Å². The fourth-order valence-corrected chi connectivity index (χ4v) is 1.92. The van der Waals surface area contributed by atoms with Crippen LogP contribution in [-0.2, 0) is 0 Å². The molecular formula is C15H12N4O3. The van der Waals surface area contributed by atoms with Gasteiger partial charge in [0.25, 0.3) is 0 Å². The third-order valence-electron chi connectivity index (χ3n) is 3.11. The van der Waals surface area contributed by atoms with E-state index < -0.39 is 5.97 Å². The van der Waals surface area contributed by atoms with Gasteiger partial charge in [-0.1, -0.05) is 12.1 Å². The Bertz CT molecular complexity index is 794. The Hall–Kier alpha value is -3.22. The van der Waals surface area contributed by atoms with Crippen molar-refractivity contribution >= 4 is 5.97 Å². The van der Waals surface area contributed by atoms with E-state index in [1.807, 2.05) is 12.1 Å². The number of aromatic carboxylic acids is 1. The van der Waals surface area contributed by atoms with Gasteiger partial charge in [0.2, 0.25) is 5.82 Å². The van der Waals surface area contributed by atoms with Gasteiger partial charge in [-0.25, -0.2) is 4.79 Å². The molecule has 0 unspecified atom stereocenters. The lowest BCUT2D eigenvalue weighted by atomic mass is 10.1. The minimum Gasteiger partial charge on any atom is -0.497 e. The monoisotopic (exact) mass is 296 g/mol. The van der Waals surface area contributed by atoms with E-state index in [1.165, 1.54) is 16.9 Å². The fraction of sp³-hybridized carbons (Fsp3) is 0.0667. The lowest BCUT2D eigenvalue weighted by molar-refractivity contribution is 0.0697. The highest BCUT2D eigenvalue weighted by molar-refractivity contribution is 5.88. The summed E-state index contributed by atoms with van der Waals surface area (Å²) in [6.07, 6.45) is 0. The summed E-state index contributed by atoms with van der Waals surface area (Å²) in [7, 11) is 1.60. The maximum atomic E-state index is 10.8. The number of nitrogens with zero attached hydrogens (tertiary/aromatic N) is 4. The summed E-state index contributed by atoms with van der Waals surface area (Å²) < 4.78 is 5.10. The molecule has 0 radical (unpaired) electrons.